The van der Waals surface area contributed by atoms with E-state index in [0.717, 1.165) is 20.8 Å². The molecule has 0 aliphatic heterocycles. The first-order valence-corrected chi connectivity index (χ1v) is 3.76. The van der Waals surface area contributed by atoms with Crippen molar-refractivity contribution in [3.8, 4) is 0 Å². The number of carbonyl (C=O) groups is 3. The Labute approximate surface area is 110 Å². The molecule has 17 heavy (non-hydrogen) atoms. The molecule has 0 aliphatic carbocycles. The average molecular weight is 262 g/mol. The second kappa shape index (κ2) is 23.9. The number of carboxylic acids is 3. The summed E-state index contributed by atoms with van der Waals surface area (Å²) in [5.41, 5.74) is 4.69. The number of carbonyl (C=O) groups excluding carboxylic acids is 3. The minimum absolute atomic E-state index is 0. The summed E-state index contributed by atoms with van der Waals surface area (Å²) in [7, 11) is 0. The normalized spacial score (nSPS) is 5.88. The van der Waals surface area contributed by atoms with Crippen molar-refractivity contribution in [3.63, 3.8) is 0 Å². The van der Waals surface area contributed by atoms with E-state index >= 15 is 0 Å². The predicted octanol–water partition coefficient (Wildman–Crippen LogP) is -4.17. The van der Waals surface area contributed by atoms with E-state index in [1.807, 2.05) is 0 Å². The molecule has 0 fully saturated rings. The number of aliphatic carboxylic acids is 3. The Hall–Kier alpha value is -1.59. The molecule has 8 nitrogen and oxygen atoms in total. The molecule has 0 unspecified atom stereocenters. The van der Waals surface area contributed by atoms with Crippen LogP contribution in [0, 0.1) is 5.41 Å². The second-order valence-electron chi connectivity index (χ2n) is 2.16. The Kier molecular flexibility index (Phi) is 41.5. The average Bonchev–Trinajstić information content (AvgIpc) is 1.76. The number of nitrogens with two attached hydrogens (primary N) is 1. The summed E-state index contributed by atoms with van der Waals surface area (Å²) in [6.07, 6.45) is 0. The smallest absolute Gasteiger partial charge is 0.550 e. The zero-order valence-electron chi connectivity index (χ0n) is 10.1. The molecule has 0 heterocycles. The molecule has 0 aromatic heterocycles. The summed E-state index contributed by atoms with van der Waals surface area (Å²) >= 11 is 0. The van der Waals surface area contributed by atoms with Crippen molar-refractivity contribution >= 4 is 41.1 Å². The molecule has 0 bridgehead atoms. The van der Waals surface area contributed by atoms with Crippen LogP contribution in [0.5, 0.6) is 0 Å². The molecule has 0 aliphatic rings. The van der Waals surface area contributed by atoms with Gasteiger partial charge in [-0.05, 0) is 27.7 Å². The van der Waals surface area contributed by atoms with Gasteiger partial charge in [-0.15, -0.1) is 0 Å². The van der Waals surface area contributed by atoms with Crippen molar-refractivity contribution in [1.29, 1.82) is 5.41 Å². The number of rotatable bonds is 0. The van der Waals surface area contributed by atoms with Crippen LogP contribution in [0.25, 0.3) is 0 Å². The van der Waals surface area contributed by atoms with Crippen molar-refractivity contribution in [2.45, 2.75) is 27.7 Å². The molecule has 0 atom stereocenters. The minimum Gasteiger partial charge on any atom is -0.550 e. The SMILES string of the molecule is CC(=N)N.CC(=O)[O-].CC(=O)[O-].CC(=O)[O-].[Al+3]. The second-order valence-corrected chi connectivity index (χ2v) is 2.16. The molecule has 0 spiro atoms. The van der Waals surface area contributed by atoms with Gasteiger partial charge < -0.3 is 35.4 Å². The number of amidine groups is 1. The van der Waals surface area contributed by atoms with Crippen LogP contribution in [0.4, 0.5) is 0 Å². The van der Waals surface area contributed by atoms with E-state index in [0.29, 0.717) is 0 Å². The third-order valence-corrected chi connectivity index (χ3v) is 0. The molecule has 96 valence electrons. The van der Waals surface area contributed by atoms with Gasteiger partial charge in [-0.2, -0.15) is 0 Å². The largest absolute Gasteiger partial charge is 3.00 e. The Balaban J connectivity index is -0.0000000369. The maximum absolute atomic E-state index is 8.89. The Morgan fingerprint density at radius 2 is 0.824 bits per heavy atom. The van der Waals surface area contributed by atoms with Gasteiger partial charge in [0.05, 0.1) is 5.84 Å². The van der Waals surface area contributed by atoms with Gasteiger partial charge in [0.1, 0.15) is 0 Å². The van der Waals surface area contributed by atoms with Crippen LogP contribution in [0.2, 0.25) is 0 Å². The van der Waals surface area contributed by atoms with Gasteiger partial charge in [0, 0.05) is 17.9 Å². The minimum atomic E-state index is -1.08. The van der Waals surface area contributed by atoms with Crippen LogP contribution in [0.15, 0.2) is 0 Å². The zero-order valence-corrected chi connectivity index (χ0v) is 11.3. The molecule has 0 radical (unpaired) electrons. The van der Waals surface area contributed by atoms with Crippen LogP contribution in [0.3, 0.4) is 0 Å². The molecule has 0 amide bonds. The van der Waals surface area contributed by atoms with Gasteiger partial charge in [0.2, 0.25) is 0 Å². The zero-order chi connectivity index (χ0) is 14.3. The van der Waals surface area contributed by atoms with Crippen molar-refractivity contribution in [2.75, 3.05) is 0 Å². The van der Waals surface area contributed by atoms with Gasteiger partial charge in [-0.25, -0.2) is 0 Å². The van der Waals surface area contributed by atoms with Crippen LogP contribution in [0.1, 0.15) is 27.7 Å². The van der Waals surface area contributed by atoms with Gasteiger partial charge in [-0.3, -0.25) is 5.41 Å². The molecule has 9 heteroatoms. The Morgan fingerprint density at radius 3 is 0.824 bits per heavy atom. The van der Waals surface area contributed by atoms with Crippen LogP contribution < -0.4 is 21.1 Å². The van der Waals surface area contributed by atoms with Crippen LogP contribution in [-0.2, 0) is 14.4 Å². The Bertz CT molecular complexity index is 168. The molecular formula is C8H15AlN2O6. The Morgan fingerprint density at radius 1 is 0.824 bits per heavy atom. The standard InChI is InChI=1S/C2H6N2.3C2H4O2.Al/c4*1-2(3)4;/h1H3,(H3,3,4);3*1H3,(H,3,4);/q;;;;+3/p-3. The van der Waals surface area contributed by atoms with E-state index in [1.165, 1.54) is 6.92 Å². The maximum atomic E-state index is 8.89. The van der Waals surface area contributed by atoms with E-state index < -0.39 is 17.9 Å². The maximum Gasteiger partial charge on any atom is 3.00 e. The monoisotopic (exact) mass is 262 g/mol. The summed E-state index contributed by atoms with van der Waals surface area (Å²) < 4.78 is 0. The summed E-state index contributed by atoms with van der Waals surface area (Å²) in [5.74, 6) is -3.08. The third kappa shape index (κ3) is 881. The first-order chi connectivity index (χ1) is 6.93. The molecular weight excluding hydrogens is 247 g/mol. The van der Waals surface area contributed by atoms with Crippen LogP contribution >= 0.6 is 0 Å². The van der Waals surface area contributed by atoms with E-state index in [4.69, 9.17) is 40.8 Å². The number of nitrogens with one attached hydrogen (secondary N) is 1. The molecule has 0 aromatic rings. The number of carboxylic acid groups (broad SMARTS) is 3. The summed E-state index contributed by atoms with van der Waals surface area (Å²) in [6.45, 7) is 4.44. The van der Waals surface area contributed by atoms with Crippen molar-refractivity contribution < 1.29 is 29.7 Å². The first kappa shape index (κ1) is 29.5. The van der Waals surface area contributed by atoms with Gasteiger partial charge in [0.15, 0.2) is 0 Å². The fraction of sp³-hybridized carbons (Fsp3) is 0.500. The summed E-state index contributed by atoms with van der Waals surface area (Å²) in [5, 5.41) is 32.9. The topological polar surface area (TPSA) is 170 Å². The fourth-order valence-electron chi connectivity index (χ4n) is 0. The number of hydrogen-bond donors (Lipinski definition) is 2. The van der Waals surface area contributed by atoms with E-state index in [1.54, 1.807) is 0 Å². The van der Waals surface area contributed by atoms with Crippen molar-refractivity contribution in [1.82, 2.24) is 0 Å². The molecule has 0 rings (SSSR count). The van der Waals surface area contributed by atoms with E-state index in [9.17, 15) is 0 Å². The molecule has 0 aromatic carbocycles. The molecule has 0 saturated carbocycles. The van der Waals surface area contributed by atoms with Gasteiger partial charge in [0.25, 0.3) is 0 Å². The van der Waals surface area contributed by atoms with Gasteiger partial charge >= 0.3 is 17.4 Å². The summed E-state index contributed by atoms with van der Waals surface area (Å²) in [4.78, 5) is 26.7. The molecule has 3 N–H and O–H groups in total. The first-order valence-electron chi connectivity index (χ1n) is 3.76. The van der Waals surface area contributed by atoms with E-state index in [2.05, 4.69) is 0 Å². The van der Waals surface area contributed by atoms with Crippen molar-refractivity contribution in [2.24, 2.45) is 5.73 Å². The van der Waals surface area contributed by atoms with Crippen molar-refractivity contribution in [3.05, 3.63) is 0 Å². The fourth-order valence-corrected chi connectivity index (χ4v) is 0. The molecule has 0 saturated heterocycles. The summed E-state index contributed by atoms with van der Waals surface area (Å²) in [6, 6.07) is 0. The van der Waals surface area contributed by atoms with Crippen LogP contribution in [-0.4, -0.2) is 41.1 Å². The number of hydrogen-bond acceptors (Lipinski definition) is 7. The third-order valence-electron chi connectivity index (χ3n) is 0. The predicted molar refractivity (Wildman–Crippen MR) is 55.4 cm³/mol. The van der Waals surface area contributed by atoms with Gasteiger partial charge in [-0.1, -0.05) is 0 Å². The van der Waals surface area contributed by atoms with E-state index in [-0.39, 0.29) is 23.2 Å². The quantitative estimate of drug-likeness (QED) is 0.253.